The summed E-state index contributed by atoms with van der Waals surface area (Å²) in [5.74, 6) is 0.115. The van der Waals surface area contributed by atoms with Crippen LogP contribution >= 0.6 is 0 Å². The van der Waals surface area contributed by atoms with Gasteiger partial charge in [-0.15, -0.1) is 0 Å². The third-order valence-corrected chi connectivity index (χ3v) is 6.73. The molecule has 0 aromatic heterocycles. The summed E-state index contributed by atoms with van der Waals surface area (Å²) in [5, 5.41) is 21.0. The maximum atomic E-state index is 13.2. The molecule has 0 unspecified atom stereocenters. The zero-order valence-corrected chi connectivity index (χ0v) is 19.6. The third kappa shape index (κ3) is 4.60. The number of benzene rings is 2. The minimum atomic E-state index is -0.740. The normalized spacial score (nSPS) is 19.1. The van der Waals surface area contributed by atoms with Crippen LogP contribution in [-0.2, 0) is 9.59 Å². The van der Waals surface area contributed by atoms with Gasteiger partial charge in [-0.3, -0.25) is 9.59 Å². The number of Topliss-reactive ketones (excluding diaryl/α,β-unsaturated/α-hetero) is 1. The molecule has 0 spiro atoms. The molecule has 0 aliphatic carbocycles. The lowest BCUT2D eigenvalue weighted by Crippen LogP contribution is -2.31. The number of fused-ring (bicyclic) bond motifs is 1. The van der Waals surface area contributed by atoms with Gasteiger partial charge in [0.05, 0.1) is 11.6 Å². The summed E-state index contributed by atoms with van der Waals surface area (Å²) in [6.45, 7) is 5.56. The number of rotatable bonds is 8. The van der Waals surface area contributed by atoms with E-state index in [4.69, 9.17) is 9.47 Å². The highest BCUT2D eigenvalue weighted by Gasteiger charge is 2.45. The van der Waals surface area contributed by atoms with E-state index in [-0.39, 0.29) is 17.1 Å². The lowest BCUT2D eigenvalue weighted by atomic mass is 9.94. The van der Waals surface area contributed by atoms with Crippen molar-refractivity contribution in [1.29, 1.82) is 0 Å². The molecule has 2 heterocycles. The highest BCUT2D eigenvalue weighted by atomic mass is 16.6. The smallest absolute Gasteiger partial charge is 0.295 e. The second-order valence-corrected chi connectivity index (χ2v) is 8.77. The number of aromatic hydroxyl groups is 1. The second-order valence-electron chi connectivity index (χ2n) is 8.77. The van der Waals surface area contributed by atoms with Crippen molar-refractivity contribution in [3.8, 4) is 17.2 Å². The molecular weight excluding hydrogens is 434 g/mol. The molecule has 1 saturated heterocycles. The minimum Gasteiger partial charge on any atom is -0.508 e. The summed E-state index contributed by atoms with van der Waals surface area (Å²) >= 11 is 0. The van der Waals surface area contributed by atoms with Gasteiger partial charge in [-0.25, -0.2) is 0 Å². The molecule has 2 aliphatic heterocycles. The molecule has 2 aliphatic rings. The maximum Gasteiger partial charge on any atom is 0.295 e. The summed E-state index contributed by atoms with van der Waals surface area (Å²) < 4.78 is 11.2. The van der Waals surface area contributed by atoms with Crippen LogP contribution in [0.4, 0.5) is 0 Å². The molecule has 34 heavy (non-hydrogen) atoms. The van der Waals surface area contributed by atoms with E-state index in [0.717, 1.165) is 25.7 Å². The molecule has 0 saturated carbocycles. The molecule has 7 nitrogen and oxygen atoms in total. The number of aliphatic hydroxyl groups excluding tert-OH is 1. The number of amides is 1. The van der Waals surface area contributed by atoms with E-state index < -0.39 is 17.7 Å². The number of hydrogen-bond donors (Lipinski definition) is 2. The number of carbonyl (C=O) groups excluding carboxylic acids is 2. The topological polar surface area (TPSA) is 96.3 Å². The molecule has 7 heteroatoms. The largest absolute Gasteiger partial charge is 0.508 e. The summed E-state index contributed by atoms with van der Waals surface area (Å²) in [6, 6.07) is 10.6. The first kappa shape index (κ1) is 23.7. The van der Waals surface area contributed by atoms with Crippen molar-refractivity contribution in [2.45, 2.75) is 45.6 Å². The lowest BCUT2D eigenvalue weighted by molar-refractivity contribution is -0.140. The Kier molecular flexibility index (Phi) is 7.10. The van der Waals surface area contributed by atoms with E-state index in [2.05, 4.69) is 13.8 Å². The van der Waals surface area contributed by atoms with Gasteiger partial charge in [-0.2, -0.15) is 0 Å². The number of phenolic OH excluding ortho intramolecular Hbond substituents is 1. The number of ether oxygens (including phenoxy) is 2. The fourth-order valence-corrected chi connectivity index (χ4v) is 4.71. The van der Waals surface area contributed by atoms with Gasteiger partial charge in [0.25, 0.3) is 11.7 Å². The number of likely N-dealkylation sites (tertiary alicyclic amines) is 1. The average Bonchev–Trinajstić information content (AvgIpc) is 3.11. The van der Waals surface area contributed by atoms with Gasteiger partial charge in [0.15, 0.2) is 11.5 Å². The van der Waals surface area contributed by atoms with Crippen molar-refractivity contribution < 1.29 is 29.3 Å². The molecule has 0 bridgehead atoms. The Labute approximate surface area is 199 Å². The average molecular weight is 466 g/mol. The van der Waals surface area contributed by atoms with Crippen LogP contribution < -0.4 is 9.47 Å². The summed E-state index contributed by atoms with van der Waals surface area (Å²) in [4.78, 5) is 27.8. The summed E-state index contributed by atoms with van der Waals surface area (Å²) in [7, 11) is 0. The van der Waals surface area contributed by atoms with Crippen LogP contribution in [-0.4, -0.2) is 46.6 Å². The van der Waals surface area contributed by atoms with Crippen LogP contribution in [0.5, 0.6) is 17.2 Å². The van der Waals surface area contributed by atoms with Crippen molar-refractivity contribution >= 4 is 17.4 Å². The van der Waals surface area contributed by atoms with Crippen LogP contribution in [0, 0.1) is 5.92 Å². The monoisotopic (exact) mass is 465 g/mol. The maximum absolute atomic E-state index is 13.2. The number of nitrogens with zero attached hydrogens (tertiary/aromatic N) is 1. The Morgan fingerprint density at radius 3 is 2.38 bits per heavy atom. The molecule has 1 atom stereocenters. The molecule has 1 amide bonds. The number of aliphatic hydroxyl groups is 1. The predicted octanol–water partition coefficient (Wildman–Crippen LogP) is 4.80. The van der Waals surface area contributed by atoms with Gasteiger partial charge in [0, 0.05) is 12.1 Å². The van der Waals surface area contributed by atoms with Crippen LogP contribution in [0.1, 0.15) is 56.7 Å². The molecule has 2 aromatic carbocycles. The zero-order valence-electron chi connectivity index (χ0n) is 19.6. The predicted molar refractivity (Wildman–Crippen MR) is 128 cm³/mol. The van der Waals surface area contributed by atoms with Crippen molar-refractivity contribution in [3.05, 3.63) is 59.2 Å². The number of phenols is 1. The van der Waals surface area contributed by atoms with Crippen molar-refractivity contribution in [1.82, 2.24) is 4.90 Å². The second kappa shape index (κ2) is 10.2. The molecule has 1 fully saturated rings. The Bertz CT molecular complexity index is 1090. The fourth-order valence-electron chi connectivity index (χ4n) is 4.71. The van der Waals surface area contributed by atoms with Gasteiger partial charge in [-0.1, -0.05) is 38.8 Å². The van der Waals surface area contributed by atoms with Gasteiger partial charge >= 0.3 is 0 Å². The van der Waals surface area contributed by atoms with Crippen LogP contribution in [0.2, 0.25) is 0 Å². The van der Waals surface area contributed by atoms with Crippen molar-refractivity contribution in [2.75, 3.05) is 19.8 Å². The minimum absolute atomic E-state index is 0.0369. The van der Waals surface area contributed by atoms with E-state index in [1.165, 1.54) is 12.1 Å². The highest BCUT2D eigenvalue weighted by molar-refractivity contribution is 6.46. The van der Waals surface area contributed by atoms with Crippen LogP contribution in [0.25, 0.3) is 5.76 Å². The molecule has 4 rings (SSSR count). The quantitative estimate of drug-likeness (QED) is 0.330. The standard InChI is InChI=1S/C27H31NO6/c1-3-17(4-2)6-5-13-28-24(18-7-10-20(29)11-8-18)23(26(31)27(28)32)25(30)19-9-12-21-22(16-19)34-15-14-33-21/h7-12,16-17,24,29-30H,3-6,13-15H2,1-2H3/b25-23+/t24-/m1/s1. The zero-order chi connectivity index (χ0) is 24.2. The molecule has 180 valence electrons. The Morgan fingerprint density at radius 2 is 1.71 bits per heavy atom. The first-order valence-electron chi connectivity index (χ1n) is 11.9. The van der Waals surface area contributed by atoms with Gasteiger partial charge in [0.2, 0.25) is 0 Å². The summed E-state index contributed by atoms with van der Waals surface area (Å²) in [6.07, 6.45) is 3.86. The first-order chi connectivity index (χ1) is 16.4. The highest BCUT2D eigenvalue weighted by Crippen LogP contribution is 2.41. The van der Waals surface area contributed by atoms with Crippen LogP contribution in [0.3, 0.4) is 0 Å². The van der Waals surface area contributed by atoms with Gasteiger partial charge in [-0.05, 0) is 54.7 Å². The molecule has 0 radical (unpaired) electrons. The fraction of sp³-hybridized carbons (Fsp3) is 0.407. The third-order valence-electron chi connectivity index (χ3n) is 6.73. The van der Waals surface area contributed by atoms with E-state index in [1.54, 1.807) is 35.2 Å². The summed E-state index contributed by atoms with van der Waals surface area (Å²) in [5.41, 5.74) is 1.07. The lowest BCUT2D eigenvalue weighted by Gasteiger charge is -2.26. The molecule has 2 N–H and O–H groups in total. The molecule has 2 aromatic rings. The SMILES string of the molecule is CCC(CC)CCCN1C(=O)C(=O)/C(=C(/O)c2ccc3c(c2)OCCO3)[C@H]1c1ccc(O)cc1. The Hall–Kier alpha value is -3.48. The van der Waals surface area contributed by atoms with E-state index in [0.29, 0.717) is 48.3 Å². The van der Waals surface area contributed by atoms with Gasteiger partial charge < -0.3 is 24.6 Å². The van der Waals surface area contributed by atoms with E-state index in [1.807, 2.05) is 0 Å². The Morgan fingerprint density at radius 1 is 1.03 bits per heavy atom. The number of carbonyl (C=O) groups is 2. The number of ketones is 1. The van der Waals surface area contributed by atoms with Crippen molar-refractivity contribution in [2.24, 2.45) is 5.92 Å². The van der Waals surface area contributed by atoms with E-state index in [9.17, 15) is 19.8 Å². The van der Waals surface area contributed by atoms with Crippen molar-refractivity contribution in [3.63, 3.8) is 0 Å². The van der Waals surface area contributed by atoms with Crippen LogP contribution in [0.15, 0.2) is 48.0 Å². The number of hydrogen-bond acceptors (Lipinski definition) is 6. The Balaban J connectivity index is 1.72. The van der Waals surface area contributed by atoms with Gasteiger partial charge in [0.1, 0.15) is 24.7 Å². The first-order valence-corrected chi connectivity index (χ1v) is 11.9. The molecular formula is C27H31NO6. The van der Waals surface area contributed by atoms with E-state index >= 15 is 0 Å².